The van der Waals surface area contributed by atoms with Crippen molar-refractivity contribution in [3.63, 3.8) is 0 Å². The number of halogens is 1. The van der Waals surface area contributed by atoms with Crippen LogP contribution in [0, 0.1) is 0 Å². The number of carbonyl (C=O) groups excluding carboxylic acids is 2. The molecule has 0 saturated heterocycles. The molecule has 0 unspecified atom stereocenters. The molecule has 34 heavy (non-hydrogen) atoms. The highest BCUT2D eigenvalue weighted by Gasteiger charge is 2.31. The summed E-state index contributed by atoms with van der Waals surface area (Å²) in [5.74, 6) is -1.07. The first-order valence-electron chi connectivity index (χ1n) is 10.6. The Bertz CT molecular complexity index is 1330. The number of rotatable bonds is 7. The van der Waals surface area contributed by atoms with E-state index in [0.717, 1.165) is 11.1 Å². The van der Waals surface area contributed by atoms with Gasteiger partial charge in [-0.25, -0.2) is 8.42 Å². The number of benzene rings is 3. The van der Waals surface area contributed by atoms with E-state index in [-0.39, 0.29) is 23.5 Å². The van der Waals surface area contributed by atoms with Crippen LogP contribution in [0.1, 0.15) is 21.5 Å². The van der Waals surface area contributed by atoms with Gasteiger partial charge in [0, 0.05) is 23.7 Å². The van der Waals surface area contributed by atoms with Crippen LogP contribution < -0.4 is 4.31 Å². The maximum atomic E-state index is 13.4. The second kappa shape index (κ2) is 9.87. The van der Waals surface area contributed by atoms with Crippen LogP contribution >= 0.6 is 11.6 Å². The maximum Gasteiger partial charge on any atom is 0.325 e. The summed E-state index contributed by atoms with van der Waals surface area (Å²) in [6, 6.07) is 20.1. The predicted molar refractivity (Wildman–Crippen MR) is 129 cm³/mol. The Hall–Kier alpha value is -3.36. The lowest BCUT2D eigenvalue weighted by Crippen LogP contribution is -2.36. The zero-order valence-corrected chi connectivity index (χ0v) is 20.1. The molecule has 0 fully saturated rings. The summed E-state index contributed by atoms with van der Waals surface area (Å²) in [5.41, 5.74) is 2.53. The molecule has 0 spiro atoms. The number of nitrogens with zero attached hydrogens (tertiary/aromatic N) is 2. The molecule has 0 bridgehead atoms. The van der Waals surface area contributed by atoms with E-state index in [1.807, 2.05) is 12.1 Å². The number of carbonyl (C=O) groups is 2. The van der Waals surface area contributed by atoms with E-state index in [2.05, 4.69) is 0 Å². The number of para-hydroxylation sites is 1. The lowest BCUT2D eigenvalue weighted by atomic mass is 10.1. The third-order valence-corrected chi connectivity index (χ3v) is 7.70. The lowest BCUT2D eigenvalue weighted by molar-refractivity contribution is -0.141. The van der Waals surface area contributed by atoms with Crippen LogP contribution in [0.25, 0.3) is 0 Å². The van der Waals surface area contributed by atoms with Gasteiger partial charge in [0.25, 0.3) is 15.9 Å². The fourth-order valence-corrected chi connectivity index (χ4v) is 5.56. The molecule has 1 heterocycles. The molecule has 176 valence electrons. The molecule has 1 aliphatic heterocycles. The monoisotopic (exact) mass is 498 g/mol. The molecule has 0 aromatic heterocycles. The fourth-order valence-electron chi connectivity index (χ4n) is 3.89. The third kappa shape index (κ3) is 4.93. The Kier molecular flexibility index (Phi) is 6.90. The van der Waals surface area contributed by atoms with Gasteiger partial charge >= 0.3 is 5.97 Å². The summed E-state index contributed by atoms with van der Waals surface area (Å²) in [4.78, 5) is 26.7. The minimum absolute atomic E-state index is 0.0135. The number of amides is 1. The lowest BCUT2D eigenvalue weighted by Gasteiger charge is -2.23. The predicted octanol–water partition coefficient (Wildman–Crippen LogP) is 3.91. The van der Waals surface area contributed by atoms with Gasteiger partial charge in [0.2, 0.25) is 0 Å². The fraction of sp³-hybridized carbons (Fsp3) is 0.200. The quantitative estimate of drug-likeness (QED) is 0.461. The number of hydrogen-bond acceptors (Lipinski definition) is 5. The third-order valence-electron chi connectivity index (χ3n) is 5.64. The van der Waals surface area contributed by atoms with Gasteiger partial charge in [-0.15, -0.1) is 0 Å². The van der Waals surface area contributed by atoms with Gasteiger partial charge in [-0.3, -0.25) is 13.9 Å². The molecule has 3 aromatic carbocycles. The first-order valence-corrected chi connectivity index (χ1v) is 12.4. The number of ether oxygens (including phenoxy) is 1. The van der Waals surface area contributed by atoms with Crippen molar-refractivity contribution >= 4 is 39.2 Å². The molecule has 0 aliphatic carbocycles. The average Bonchev–Trinajstić information content (AvgIpc) is 3.29. The Balaban J connectivity index is 1.63. The second-order valence-corrected chi connectivity index (χ2v) is 10.1. The first-order chi connectivity index (χ1) is 16.3. The van der Waals surface area contributed by atoms with E-state index in [1.54, 1.807) is 36.4 Å². The standard InChI is InChI=1S/C25H23ClN2O5S/c1-33-24(29)17-27(16-18-9-11-21(26)12-10-18)25(30)20-6-4-7-22(15-20)34(31,32)28-14-13-19-5-2-3-8-23(19)28/h2-12,15H,13-14,16-17H2,1H3. The summed E-state index contributed by atoms with van der Waals surface area (Å²) >= 11 is 5.94. The van der Waals surface area contributed by atoms with Crippen molar-refractivity contribution in [2.24, 2.45) is 0 Å². The summed E-state index contributed by atoms with van der Waals surface area (Å²) in [7, 11) is -2.62. The Morgan fingerprint density at radius 3 is 2.50 bits per heavy atom. The summed E-state index contributed by atoms with van der Waals surface area (Å²) in [6.45, 7) is 0.181. The Labute approximate surface area is 203 Å². The van der Waals surface area contributed by atoms with E-state index < -0.39 is 21.9 Å². The molecule has 0 radical (unpaired) electrons. The largest absolute Gasteiger partial charge is 0.468 e. The first kappa shape index (κ1) is 23.8. The van der Waals surface area contributed by atoms with Gasteiger partial charge in [-0.2, -0.15) is 0 Å². The van der Waals surface area contributed by atoms with Gasteiger partial charge in [0.1, 0.15) is 6.54 Å². The highest BCUT2D eigenvalue weighted by molar-refractivity contribution is 7.92. The second-order valence-electron chi connectivity index (χ2n) is 7.85. The molecule has 1 aliphatic rings. The SMILES string of the molecule is COC(=O)CN(Cc1ccc(Cl)cc1)C(=O)c1cccc(S(=O)(=O)N2CCc3ccccc32)c1. The zero-order chi connectivity index (χ0) is 24.3. The number of esters is 1. The zero-order valence-electron chi connectivity index (χ0n) is 18.5. The molecule has 0 saturated carbocycles. The van der Waals surface area contributed by atoms with Gasteiger partial charge in [0.15, 0.2) is 0 Å². The van der Waals surface area contributed by atoms with Gasteiger partial charge in [0.05, 0.1) is 17.7 Å². The molecule has 3 aromatic rings. The van der Waals surface area contributed by atoms with Gasteiger partial charge in [-0.1, -0.05) is 48.0 Å². The number of methoxy groups -OCH3 is 1. The topological polar surface area (TPSA) is 84.0 Å². The molecular weight excluding hydrogens is 476 g/mol. The van der Waals surface area contributed by atoms with Gasteiger partial charge < -0.3 is 9.64 Å². The smallest absolute Gasteiger partial charge is 0.325 e. The van der Waals surface area contributed by atoms with E-state index in [9.17, 15) is 18.0 Å². The van der Waals surface area contributed by atoms with Crippen LogP contribution in [0.2, 0.25) is 5.02 Å². The number of sulfonamides is 1. The Morgan fingerprint density at radius 1 is 1.03 bits per heavy atom. The van der Waals surface area contributed by atoms with Crippen LogP contribution in [0.4, 0.5) is 5.69 Å². The average molecular weight is 499 g/mol. The van der Waals surface area contributed by atoms with Crippen LogP contribution in [0.5, 0.6) is 0 Å². The molecule has 9 heteroatoms. The highest BCUT2D eigenvalue weighted by Crippen LogP contribution is 2.33. The van der Waals surface area contributed by atoms with E-state index in [4.69, 9.17) is 16.3 Å². The molecule has 1 amide bonds. The molecule has 0 N–H and O–H groups in total. The molecular formula is C25H23ClN2O5S. The van der Waals surface area contributed by atoms with Crippen LogP contribution in [-0.4, -0.2) is 45.4 Å². The summed E-state index contributed by atoms with van der Waals surface area (Å²) < 4.78 is 32.9. The summed E-state index contributed by atoms with van der Waals surface area (Å²) in [5, 5.41) is 0.552. The molecule has 0 atom stereocenters. The van der Waals surface area contributed by atoms with Crippen molar-refractivity contribution in [1.82, 2.24) is 4.90 Å². The number of anilines is 1. The van der Waals surface area contributed by atoms with Crippen molar-refractivity contribution < 1.29 is 22.7 Å². The number of hydrogen-bond donors (Lipinski definition) is 0. The van der Waals surface area contributed by atoms with Crippen molar-refractivity contribution in [3.8, 4) is 0 Å². The number of fused-ring (bicyclic) bond motifs is 1. The highest BCUT2D eigenvalue weighted by atomic mass is 35.5. The van der Waals surface area contributed by atoms with Gasteiger partial charge in [-0.05, 0) is 53.9 Å². The Morgan fingerprint density at radius 2 is 1.76 bits per heavy atom. The van der Waals surface area contributed by atoms with Crippen molar-refractivity contribution in [1.29, 1.82) is 0 Å². The van der Waals surface area contributed by atoms with Crippen LogP contribution in [0.3, 0.4) is 0 Å². The summed E-state index contributed by atoms with van der Waals surface area (Å²) in [6.07, 6.45) is 0.627. The minimum Gasteiger partial charge on any atom is -0.468 e. The maximum absolute atomic E-state index is 13.4. The van der Waals surface area contributed by atoms with E-state index in [0.29, 0.717) is 23.7 Å². The van der Waals surface area contributed by atoms with Crippen molar-refractivity contribution in [2.45, 2.75) is 17.9 Å². The normalized spacial score (nSPS) is 12.8. The van der Waals surface area contributed by atoms with E-state index in [1.165, 1.54) is 40.6 Å². The van der Waals surface area contributed by atoms with Crippen LogP contribution in [0.15, 0.2) is 77.7 Å². The molecule has 4 rings (SSSR count). The van der Waals surface area contributed by atoms with Crippen molar-refractivity contribution in [3.05, 3.63) is 94.5 Å². The molecule has 7 nitrogen and oxygen atoms in total. The van der Waals surface area contributed by atoms with Crippen LogP contribution in [-0.2, 0) is 32.5 Å². The van der Waals surface area contributed by atoms with E-state index >= 15 is 0 Å². The minimum atomic E-state index is -3.87. The van der Waals surface area contributed by atoms with Crippen molar-refractivity contribution in [2.75, 3.05) is 24.5 Å².